The van der Waals surface area contributed by atoms with Crippen LogP contribution in [0.5, 0.6) is 0 Å². The maximum atomic E-state index is 4.62. The Hall–Kier alpha value is -0.790. The molecule has 0 spiro atoms. The van der Waals surface area contributed by atoms with Crippen molar-refractivity contribution in [1.29, 1.82) is 0 Å². The highest BCUT2D eigenvalue weighted by atomic mass is 15.3. The molecule has 1 aliphatic rings. The first-order valence-corrected chi connectivity index (χ1v) is 5.13. The van der Waals surface area contributed by atoms with E-state index in [0.717, 1.165) is 5.92 Å². The van der Waals surface area contributed by atoms with Crippen molar-refractivity contribution < 1.29 is 0 Å². The second-order valence-corrected chi connectivity index (χ2v) is 4.98. The summed E-state index contributed by atoms with van der Waals surface area (Å²) in [5, 5.41) is 4.62. The average Bonchev–Trinajstić information content (AvgIpc) is 2.29. The molecule has 0 atom stereocenters. The molecule has 1 heterocycles. The zero-order valence-electron chi connectivity index (χ0n) is 8.75. The Morgan fingerprint density at radius 3 is 2.46 bits per heavy atom. The normalized spacial score (nSPS) is 18.7. The minimum atomic E-state index is 0.127. The summed E-state index contributed by atoms with van der Waals surface area (Å²) in [5.41, 5.74) is 1.42. The van der Waals surface area contributed by atoms with Gasteiger partial charge in [-0.15, -0.1) is 0 Å². The summed E-state index contributed by atoms with van der Waals surface area (Å²) >= 11 is 0. The van der Waals surface area contributed by atoms with E-state index >= 15 is 0 Å². The average molecular weight is 178 g/mol. The van der Waals surface area contributed by atoms with E-state index in [4.69, 9.17) is 0 Å². The monoisotopic (exact) mass is 178 g/mol. The van der Waals surface area contributed by atoms with E-state index in [1.165, 1.54) is 25.0 Å². The smallest absolute Gasteiger partial charge is 0.0655 e. The molecular weight excluding hydrogens is 160 g/mol. The van der Waals surface area contributed by atoms with Gasteiger partial charge in [0.25, 0.3) is 0 Å². The molecule has 0 amide bonds. The third-order valence-corrected chi connectivity index (χ3v) is 2.82. The molecule has 0 aromatic carbocycles. The van der Waals surface area contributed by atoms with Gasteiger partial charge < -0.3 is 0 Å². The summed E-state index contributed by atoms with van der Waals surface area (Å²) in [6, 6.07) is 2.18. The zero-order valence-corrected chi connectivity index (χ0v) is 8.75. The fourth-order valence-corrected chi connectivity index (χ4v) is 1.63. The van der Waals surface area contributed by atoms with Crippen LogP contribution in [0.2, 0.25) is 0 Å². The Bertz CT molecular complexity index is 289. The lowest BCUT2D eigenvalue weighted by atomic mass is 9.83. The van der Waals surface area contributed by atoms with Crippen LogP contribution in [0.4, 0.5) is 0 Å². The molecule has 2 heteroatoms. The maximum Gasteiger partial charge on any atom is 0.0655 e. The van der Waals surface area contributed by atoms with Gasteiger partial charge >= 0.3 is 0 Å². The number of hydrogen-bond donors (Lipinski definition) is 0. The van der Waals surface area contributed by atoms with Crippen molar-refractivity contribution >= 4 is 0 Å². The van der Waals surface area contributed by atoms with Crippen molar-refractivity contribution in [2.75, 3.05) is 0 Å². The van der Waals surface area contributed by atoms with Gasteiger partial charge in [0.05, 0.1) is 11.2 Å². The fraction of sp³-hybridized carbons (Fsp3) is 0.727. The highest BCUT2D eigenvalue weighted by Gasteiger charge is 2.23. The minimum Gasteiger partial charge on any atom is -0.267 e. The van der Waals surface area contributed by atoms with Crippen molar-refractivity contribution in [2.45, 2.75) is 51.5 Å². The van der Waals surface area contributed by atoms with Gasteiger partial charge in [0.1, 0.15) is 0 Å². The highest BCUT2D eigenvalue weighted by Crippen LogP contribution is 2.35. The Balaban J connectivity index is 2.17. The van der Waals surface area contributed by atoms with Crippen LogP contribution < -0.4 is 0 Å². The van der Waals surface area contributed by atoms with Crippen LogP contribution in [0, 0.1) is 0 Å². The van der Waals surface area contributed by atoms with Crippen LogP contribution in [0.15, 0.2) is 12.3 Å². The van der Waals surface area contributed by atoms with Crippen molar-refractivity contribution in [1.82, 2.24) is 9.78 Å². The Labute approximate surface area is 80.0 Å². The van der Waals surface area contributed by atoms with Gasteiger partial charge in [-0.1, -0.05) is 6.42 Å². The Morgan fingerprint density at radius 2 is 2.08 bits per heavy atom. The van der Waals surface area contributed by atoms with Gasteiger partial charge in [-0.05, 0) is 39.7 Å². The van der Waals surface area contributed by atoms with Crippen LogP contribution >= 0.6 is 0 Å². The van der Waals surface area contributed by atoms with Gasteiger partial charge in [0.15, 0.2) is 0 Å². The molecule has 1 fully saturated rings. The van der Waals surface area contributed by atoms with E-state index < -0.39 is 0 Å². The first-order chi connectivity index (χ1) is 6.07. The molecule has 0 N–H and O–H groups in total. The molecular formula is C11H18N2. The number of aromatic nitrogens is 2. The second-order valence-electron chi connectivity index (χ2n) is 4.98. The van der Waals surface area contributed by atoms with Gasteiger partial charge in [-0.25, -0.2) is 0 Å². The summed E-state index contributed by atoms with van der Waals surface area (Å²) in [6.45, 7) is 6.56. The van der Waals surface area contributed by atoms with Crippen molar-refractivity contribution in [2.24, 2.45) is 0 Å². The third-order valence-electron chi connectivity index (χ3n) is 2.82. The van der Waals surface area contributed by atoms with Crippen molar-refractivity contribution in [3.8, 4) is 0 Å². The van der Waals surface area contributed by atoms with Gasteiger partial charge in [-0.3, -0.25) is 4.68 Å². The topological polar surface area (TPSA) is 17.8 Å². The summed E-state index contributed by atoms with van der Waals surface area (Å²) in [6.07, 6.45) is 6.16. The molecule has 0 saturated heterocycles. The standard InChI is InChI=1S/C11H18N2/c1-11(2,3)13-8-7-10(12-13)9-5-4-6-9/h7-9H,4-6H2,1-3H3. The number of rotatable bonds is 1. The quantitative estimate of drug-likeness (QED) is 0.646. The maximum absolute atomic E-state index is 4.62. The lowest BCUT2D eigenvalue weighted by Crippen LogP contribution is -2.23. The van der Waals surface area contributed by atoms with Gasteiger partial charge in [-0.2, -0.15) is 5.10 Å². The van der Waals surface area contributed by atoms with E-state index in [1.807, 2.05) is 0 Å². The lowest BCUT2D eigenvalue weighted by Gasteiger charge is -2.24. The summed E-state index contributed by atoms with van der Waals surface area (Å²) in [4.78, 5) is 0. The molecule has 1 aromatic heterocycles. The van der Waals surface area contributed by atoms with Crippen LogP contribution in [-0.2, 0) is 5.54 Å². The fourth-order valence-electron chi connectivity index (χ4n) is 1.63. The van der Waals surface area contributed by atoms with Crippen molar-refractivity contribution in [3.63, 3.8) is 0 Å². The van der Waals surface area contributed by atoms with E-state index in [1.54, 1.807) is 0 Å². The zero-order chi connectivity index (χ0) is 9.47. The summed E-state index contributed by atoms with van der Waals surface area (Å²) in [7, 11) is 0. The van der Waals surface area contributed by atoms with Gasteiger partial charge in [0.2, 0.25) is 0 Å². The van der Waals surface area contributed by atoms with Crippen LogP contribution in [0.3, 0.4) is 0 Å². The molecule has 0 radical (unpaired) electrons. The van der Waals surface area contributed by atoms with E-state index in [0.29, 0.717) is 0 Å². The molecule has 0 aliphatic heterocycles. The molecule has 0 bridgehead atoms. The van der Waals surface area contributed by atoms with Gasteiger partial charge in [0, 0.05) is 12.1 Å². The molecule has 2 rings (SSSR count). The first-order valence-electron chi connectivity index (χ1n) is 5.13. The predicted molar refractivity (Wildman–Crippen MR) is 53.8 cm³/mol. The number of nitrogens with zero attached hydrogens (tertiary/aromatic N) is 2. The molecule has 2 nitrogen and oxygen atoms in total. The SMILES string of the molecule is CC(C)(C)n1ccc(C2CCC2)n1. The highest BCUT2D eigenvalue weighted by molar-refractivity contribution is 5.10. The summed E-state index contributed by atoms with van der Waals surface area (Å²) in [5.74, 6) is 0.753. The molecule has 1 aromatic rings. The third kappa shape index (κ3) is 1.62. The van der Waals surface area contributed by atoms with E-state index in [-0.39, 0.29) is 5.54 Å². The minimum absolute atomic E-state index is 0.127. The molecule has 1 saturated carbocycles. The van der Waals surface area contributed by atoms with E-state index in [9.17, 15) is 0 Å². The van der Waals surface area contributed by atoms with Crippen LogP contribution in [0.25, 0.3) is 0 Å². The molecule has 72 valence electrons. The predicted octanol–water partition coefficient (Wildman–Crippen LogP) is 2.91. The van der Waals surface area contributed by atoms with Crippen LogP contribution in [0.1, 0.15) is 51.6 Å². The molecule has 0 unspecified atom stereocenters. The molecule has 13 heavy (non-hydrogen) atoms. The first kappa shape index (κ1) is 8.79. The lowest BCUT2D eigenvalue weighted by molar-refractivity contribution is 0.341. The number of hydrogen-bond acceptors (Lipinski definition) is 1. The Morgan fingerprint density at radius 1 is 1.38 bits per heavy atom. The Kier molecular flexibility index (Phi) is 1.94. The van der Waals surface area contributed by atoms with E-state index in [2.05, 4.69) is 42.8 Å². The largest absolute Gasteiger partial charge is 0.267 e. The second kappa shape index (κ2) is 2.86. The van der Waals surface area contributed by atoms with Crippen LogP contribution in [-0.4, -0.2) is 9.78 Å². The molecule has 1 aliphatic carbocycles. The summed E-state index contributed by atoms with van der Waals surface area (Å²) < 4.78 is 2.07. The van der Waals surface area contributed by atoms with Crippen molar-refractivity contribution in [3.05, 3.63) is 18.0 Å².